The van der Waals surface area contributed by atoms with E-state index in [1.165, 1.54) is 18.5 Å². The monoisotopic (exact) mass is 437 g/mol. The Morgan fingerprint density at radius 1 is 1.19 bits per heavy atom. The standard InChI is InChI=1S/C23H27N5O4/c1-3-8-28(32-9-4-5-22(29)31-2)23(30)18-10-17-7-6-16(19-13-25-15-26-14-19)11-20(17)27-21(24)12-18/h6-7,10-11,13-15H,3-5,8-9,12H2,1-2H3,(H2,24,27). The fourth-order valence-electron chi connectivity index (χ4n) is 3.24. The maximum atomic E-state index is 13.2. The van der Waals surface area contributed by atoms with Crippen LogP contribution >= 0.6 is 0 Å². The zero-order valence-corrected chi connectivity index (χ0v) is 18.3. The van der Waals surface area contributed by atoms with Crippen molar-refractivity contribution in [1.82, 2.24) is 15.0 Å². The maximum absolute atomic E-state index is 13.2. The number of ether oxygens (including phenoxy) is 1. The van der Waals surface area contributed by atoms with Crippen molar-refractivity contribution in [3.05, 3.63) is 48.1 Å². The van der Waals surface area contributed by atoms with Crippen LogP contribution in [0.15, 0.2) is 47.5 Å². The molecule has 2 N–H and O–H groups in total. The Bertz CT molecular complexity index is 1020. The molecule has 0 unspecified atom stereocenters. The van der Waals surface area contributed by atoms with E-state index in [1.807, 2.05) is 25.1 Å². The van der Waals surface area contributed by atoms with Gasteiger partial charge in [-0.3, -0.25) is 14.4 Å². The molecule has 3 rings (SSSR count). The number of benzene rings is 1. The van der Waals surface area contributed by atoms with Gasteiger partial charge in [0, 0.05) is 48.5 Å². The van der Waals surface area contributed by atoms with Gasteiger partial charge < -0.3 is 10.5 Å². The van der Waals surface area contributed by atoms with Gasteiger partial charge in [-0.2, -0.15) is 0 Å². The molecule has 2 heterocycles. The normalized spacial score (nSPS) is 12.8. The van der Waals surface area contributed by atoms with Crippen molar-refractivity contribution in [1.29, 1.82) is 0 Å². The van der Waals surface area contributed by atoms with Crippen molar-refractivity contribution in [2.75, 3.05) is 20.3 Å². The average molecular weight is 438 g/mol. The van der Waals surface area contributed by atoms with Gasteiger partial charge in [-0.1, -0.05) is 19.1 Å². The summed E-state index contributed by atoms with van der Waals surface area (Å²) in [5.41, 5.74) is 9.85. The van der Waals surface area contributed by atoms with Crippen LogP contribution in [0, 0.1) is 0 Å². The third-order valence-electron chi connectivity index (χ3n) is 4.82. The Morgan fingerprint density at radius 2 is 1.97 bits per heavy atom. The lowest BCUT2D eigenvalue weighted by Gasteiger charge is -2.22. The van der Waals surface area contributed by atoms with Gasteiger partial charge in [-0.25, -0.2) is 20.0 Å². The lowest BCUT2D eigenvalue weighted by Crippen LogP contribution is -2.34. The van der Waals surface area contributed by atoms with E-state index >= 15 is 0 Å². The SMILES string of the molecule is CCCN(OCCCC(=O)OC)C(=O)C1=Cc2ccc(-c3cncnc3)cc2N=C(N)C1. The number of aromatic nitrogens is 2. The number of rotatable bonds is 9. The quantitative estimate of drug-likeness (QED) is 0.364. The fraction of sp³-hybridized carbons (Fsp3) is 0.348. The molecule has 32 heavy (non-hydrogen) atoms. The number of hydrogen-bond donors (Lipinski definition) is 1. The molecule has 0 radical (unpaired) electrons. The number of methoxy groups -OCH3 is 1. The zero-order chi connectivity index (χ0) is 22.9. The van der Waals surface area contributed by atoms with Gasteiger partial charge in [0.1, 0.15) is 12.2 Å². The van der Waals surface area contributed by atoms with Crippen LogP contribution in [-0.4, -0.2) is 53.0 Å². The number of esters is 1. The Hall–Kier alpha value is -3.59. The van der Waals surface area contributed by atoms with Crippen molar-refractivity contribution in [2.24, 2.45) is 10.7 Å². The number of carbonyl (C=O) groups is 2. The predicted molar refractivity (Wildman–Crippen MR) is 121 cm³/mol. The van der Waals surface area contributed by atoms with E-state index in [0.717, 1.165) is 23.1 Å². The fourth-order valence-corrected chi connectivity index (χ4v) is 3.24. The lowest BCUT2D eigenvalue weighted by molar-refractivity contribution is -0.183. The first kappa shape index (κ1) is 23.1. The molecule has 2 aromatic rings. The first-order chi connectivity index (χ1) is 15.5. The number of aliphatic imine (C=N–C) groups is 1. The number of nitrogens with two attached hydrogens (primary N) is 1. The topological polar surface area (TPSA) is 120 Å². The molecular formula is C23H27N5O4. The van der Waals surface area contributed by atoms with Crippen LogP contribution in [0.5, 0.6) is 0 Å². The minimum atomic E-state index is -0.310. The summed E-state index contributed by atoms with van der Waals surface area (Å²) in [7, 11) is 1.34. The largest absolute Gasteiger partial charge is 0.469 e. The van der Waals surface area contributed by atoms with Crippen LogP contribution in [0.3, 0.4) is 0 Å². The molecule has 0 spiro atoms. The molecule has 9 nitrogen and oxygen atoms in total. The molecule has 1 aromatic heterocycles. The summed E-state index contributed by atoms with van der Waals surface area (Å²) < 4.78 is 4.62. The van der Waals surface area contributed by atoms with Gasteiger partial charge in [-0.05, 0) is 30.5 Å². The average Bonchev–Trinajstić information content (AvgIpc) is 2.98. The Kier molecular flexibility index (Phi) is 8.04. The van der Waals surface area contributed by atoms with Gasteiger partial charge in [-0.15, -0.1) is 0 Å². The predicted octanol–water partition coefficient (Wildman–Crippen LogP) is 3.04. The van der Waals surface area contributed by atoms with Gasteiger partial charge in [0.25, 0.3) is 5.91 Å². The van der Waals surface area contributed by atoms with E-state index < -0.39 is 0 Å². The minimum absolute atomic E-state index is 0.211. The lowest BCUT2D eigenvalue weighted by atomic mass is 10.0. The molecule has 1 amide bonds. The van der Waals surface area contributed by atoms with Crippen LogP contribution in [-0.2, 0) is 19.2 Å². The number of amides is 1. The molecule has 0 atom stereocenters. The molecule has 1 aromatic carbocycles. The summed E-state index contributed by atoms with van der Waals surface area (Å²) in [5, 5.41) is 1.33. The highest BCUT2D eigenvalue weighted by Gasteiger charge is 2.22. The summed E-state index contributed by atoms with van der Waals surface area (Å²) >= 11 is 0. The first-order valence-electron chi connectivity index (χ1n) is 10.5. The third-order valence-corrected chi connectivity index (χ3v) is 4.82. The van der Waals surface area contributed by atoms with Gasteiger partial charge >= 0.3 is 5.97 Å². The Morgan fingerprint density at radius 3 is 2.69 bits per heavy atom. The maximum Gasteiger partial charge on any atom is 0.305 e. The van der Waals surface area contributed by atoms with E-state index in [2.05, 4.69) is 19.7 Å². The number of carbonyl (C=O) groups excluding carboxylic acids is 2. The van der Waals surface area contributed by atoms with E-state index in [0.29, 0.717) is 30.1 Å². The molecule has 0 bridgehead atoms. The minimum Gasteiger partial charge on any atom is -0.469 e. The summed E-state index contributed by atoms with van der Waals surface area (Å²) in [4.78, 5) is 42.7. The Labute approximate surface area is 186 Å². The number of hydrogen-bond acceptors (Lipinski definition) is 8. The van der Waals surface area contributed by atoms with E-state index in [9.17, 15) is 9.59 Å². The van der Waals surface area contributed by atoms with Crippen LogP contribution < -0.4 is 5.73 Å². The summed E-state index contributed by atoms with van der Waals surface area (Å²) in [6.07, 6.45) is 8.34. The second kappa shape index (κ2) is 11.1. The molecule has 1 aliphatic rings. The highest BCUT2D eigenvalue weighted by atomic mass is 16.7. The third kappa shape index (κ3) is 5.98. The highest BCUT2D eigenvalue weighted by molar-refractivity contribution is 6.05. The Balaban J connectivity index is 1.79. The van der Waals surface area contributed by atoms with Crippen LogP contribution in [0.2, 0.25) is 0 Å². The molecule has 0 saturated heterocycles. The van der Waals surface area contributed by atoms with Crippen LogP contribution in [0.1, 0.15) is 38.2 Å². The first-order valence-corrected chi connectivity index (χ1v) is 10.5. The van der Waals surface area contributed by atoms with E-state index in [1.54, 1.807) is 18.5 Å². The number of amidine groups is 1. The number of nitrogens with zero attached hydrogens (tertiary/aromatic N) is 4. The van der Waals surface area contributed by atoms with Gasteiger partial charge in [0.2, 0.25) is 0 Å². The smallest absolute Gasteiger partial charge is 0.305 e. The number of hydroxylamine groups is 2. The van der Waals surface area contributed by atoms with Crippen molar-refractivity contribution >= 4 is 29.5 Å². The number of fused-ring (bicyclic) bond motifs is 1. The molecular weight excluding hydrogens is 410 g/mol. The highest BCUT2D eigenvalue weighted by Crippen LogP contribution is 2.31. The van der Waals surface area contributed by atoms with Crippen molar-refractivity contribution in [2.45, 2.75) is 32.6 Å². The van der Waals surface area contributed by atoms with E-state index in [-0.39, 0.29) is 31.3 Å². The van der Waals surface area contributed by atoms with E-state index in [4.69, 9.17) is 10.6 Å². The molecule has 9 heteroatoms. The summed E-state index contributed by atoms with van der Waals surface area (Å²) in [6, 6.07) is 5.73. The van der Waals surface area contributed by atoms with Gasteiger partial charge in [0.05, 0.1) is 19.4 Å². The molecule has 1 aliphatic heterocycles. The van der Waals surface area contributed by atoms with Crippen LogP contribution in [0.4, 0.5) is 5.69 Å². The zero-order valence-electron chi connectivity index (χ0n) is 18.3. The summed E-state index contributed by atoms with van der Waals surface area (Å²) in [5.74, 6) is -0.237. The second-order valence-electron chi connectivity index (χ2n) is 7.27. The van der Waals surface area contributed by atoms with Gasteiger partial charge in [0.15, 0.2) is 0 Å². The second-order valence-corrected chi connectivity index (χ2v) is 7.27. The van der Waals surface area contributed by atoms with Crippen molar-refractivity contribution in [3.63, 3.8) is 0 Å². The molecule has 168 valence electrons. The molecule has 0 saturated carbocycles. The van der Waals surface area contributed by atoms with Crippen LogP contribution in [0.25, 0.3) is 17.2 Å². The van der Waals surface area contributed by atoms with Crippen molar-refractivity contribution in [3.8, 4) is 11.1 Å². The van der Waals surface area contributed by atoms with Crippen molar-refractivity contribution < 1.29 is 19.2 Å². The molecule has 0 fully saturated rings. The molecule has 0 aliphatic carbocycles. The summed E-state index contributed by atoms with van der Waals surface area (Å²) in [6.45, 7) is 2.61.